The first-order valence-corrected chi connectivity index (χ1v) is 7.39. The van der Waals surface area contributed by atoms with Crippen molar-refractivity contribution in [1.29, 1.82) is 0 Å². The molecule has 0 aliphatic carbocycles. The van der Waals surface area contributed by atoms with E-state index >= 15 is 0 Å². The van der Waals surface area contributed by atoms with Gasteiger partial charge in [-0.1, -0.05) is 19.1 Å². The third-order valence-corrected chi connectivity index (χ3v) is 4.39. The summed E-state index contributed by atoms with van der Waals surface area (Å²) in [6.45, 7) is 7.20. The van der Waals surface area contributed by atoms with Crippen molar-refractivity contribution >= 4 is 5.69 Å². The lowest BCUT2D eigenvalue weighted by Gasteiger charge is -2.30. The molecule has 0 radical (unpaired) electrons. The van der Waals surface area contributed by atoms with Crippen LogP contribution in [0, 0.1) is 5.92 Å². The Morgan fingerprint density at radius 1 is 1.28 bits per heavy atom. The molecule has 18 heavy (non-hydrogen) atoms. The highest BCUT2D eigenvalue weighted by atomic mass is 15.1. The number of nitrogens with one attached hydrogen (secondary N) is 1. The number of rotatable bonds is 2. The SMILES string of the molecule is CC1CCN(Cc2ccc3c(c2)CCCN3)CC1. The van der Waals surface area contributed by atoms with Gasteiger partial charge in [0, 0.05) is 18.8 Å². The number of aryl methyl sites for hydroxylation is 1. The van der Waals surface area contributed by atoms with E-state index in [9.17, 15) is 0 Å². The summed E-state index contributed by atoms with van der Waals surface area (Å²) >= 11 is 0. The molecule has 3 rings (SSSR count). The monoisotopic (exact) mass is 244 g/mol. The van der Waals surface area contributed by atoms with Gasteiger partial charge in [-0.15, -0.1) is 0 Å². The van der Waals surface area contributed by atoms with Gasteiger partial charge >= 0.3 is 0 Å². The number of likely N-dealkylation sites (tertiary alicyclic amines) is 1. The smallest absolute Gasteiger partial charge is 0.0372 e. The van der Waals surface area contributed by atoms with Crippen LogP contribution in [0.15, 0.2) is 18.2 Å². The fourth-order valence-electron chi connectivity index (χ4n) is 3.10. The highest BCUT2D eigenvalue weighted by molar-refractivity contribution is 5.54. The van der Waals surface area contributed by atoms with E-state index < -0.39 is 0 Å². The number of benzene rings is 1. The first kappa shape index (κ1) is 12.0. The molecular weight excluding hydrogens is 220 g/mol. The average molecular weight is 244 g/mol. The number of nitrogens with zero attached hydrogens (tertiary/aromatic N) is 1. The topological polar surface area (TPSA) is 15.3 Å². The maximum Gasteiger partial charge on any atom is 0.0372 e. The molecule has 0 aromatic heterocycles. The Morgan fingerprint density at radius 2 is 2.11 bits per heavy atom. The van der Waals surface area contributed by atoms with Gasteiger partial charge in [0.25, 0.3) is 0 Å². The summed E-state index contributed by atoms with van der Waals surface area (Å²) in [7, 11) is 0. The van der Waals surface area contributed by atoms with E-state index in [0.29, 0.717) is 0 Å². The van der Waals surface area contributed by atoms with Crippen LogP contribution in [0.3, 0.4) is 0 Å². The van der Waals surface area contributed by atoms with Gasteiger partial charge in [0.2, 0.25) is 0 Å². The van der Waals surface area contributed by atoms with Gasteiger partial charge in [-0.05, 0) is 61.9 Å². The van der Waals surface area contributed by atoms with Crippen molar-refractivity contribution in [3.63, 3.8) is 0 Å². The molecule has 2 heteroatoms. The molecule has 2 aliphatic heterocycles. The Kier molecular flexibility index (Phi) is 3.55. The molecule has 1 aromatic carbocycles. The normalized spacial score (nSPS) is 21.4. The summed E-state index contributed by atoms with van der Waals surface area (Å²) in [6.07, 6.45) is 5.25. The predicted octanol–water partition coefficient (Wildman–Crippen LogP) is 3.28. The van der Waals surface area contributed by atoms with Gasteiger partial charge in [0.1, 0.15) is 0 Å². The second-order valence-electron chi connectivity index (χ2n) is 5.98. The molecular formula is C16H24N2. The van der Waals surface area contributed by atoms with E-state index in [0.717, 1.165) is 19.0 Å². The molecule has 0 amide bonds. The Hall–Kier alpha value is -1.02. The lowest BCUT2D eigenvalue weighted by molar-refractivity contribution is 0.185. The third-order valence-electron chi connectivity index (χ3n) is 4.39. The van der Waals surface area contributed by atoms with E-state index in [-0.39, 0.29) is 0 Å². The van der Waals surface area contributed by atoms with Crippen LogP contribution in [0.5, 0.6) is 0 Å². The molecule has 2 aliphatic rings. The lowest BCUT2D eigenvalue weighted by Crippen LogP contribution is -2.32. The highest BCUT2D eigenvalue weighted by Crippen LogP contribution is 2.24. The number of piperidine rings is 1. The first-order chi connectivity index (χ1) is 8.81. The van der Waals surface area contributed by atoms with Crippen LogP contribution in [-0.2, 0) is 13.0 Å². The number of hydrogen-bond acceptors (Lipinski definition) is 2. The minimum absolute atomic E-state index is 0.925. The summed E-state index contributed by atoms with van der Waals surface area (Å²) in [5.74, 6) is 0.925. The summed E-state index contributed by atoms with van der Waals surface area (Å²) in [4.78, 5) is 2.61. The standard InChI is InChI=1S/C16H24N2/c1-13-6-9-18(10-7-13)12-14-4-5-16-15(11-14)3-2-8-17-16/h4-5,11,13,17H,2-3,6-10,12H2,1H3. The van der Waals surface area contributed by atoms with Crippen LogP contribution >= 0.6 is 0 Å². The zero-order chi connectivity index (χ0) is 12.4. The van der Waals surface area contributed by atoms with Crippen LogP contribution < -0.4 is 5.32 Å². The zero-order valence-corrected chi connectivity index (χ0v) is 11.4. The predicted molar refractivity (Wildman–Crippen MR) is 76.9 cm³/mol. The molecule has 2 nitrogen and oxygen atoms in total. The molecule has 1 aromatic rings. The first-order valence-electron chi connectivity index (χ1n) is 7.39. The van der Waals surface area contributed by atoms with Gasteiger partial charge in [-0.25, -0.2) is 0 Å². The van der Waals surface area contributed by atoms with Crippen molar-refractivity contribution < 1.29 is 0 Å². The minimum Gasteiger partial charge on any atom is -0.385 e. The molecule has 1 saturated heterocycles. The van der Waals surface area contributed by atoms with E-state index in [4.69, 9.17) is 0 Å². The second-order valence-corrected chi connectivity index (χ2v) is 5.98. The Balaban J connectivity index is 1.66. The maximum absolute atomic E-state index is 3.49. The van der Waals surface area contributed by atoms with Gasteiger partial charge in [-0.3, -0.25) is 4.90 Å². The number of hydrogen-bond donors (Lipinski definition) is 1. The fraction of sp³-hybridized carbons (Fsp3) is 0.625. The molecule has 0 spiro atoms. The van der Waals surface area contributed by atoms with Crippen LogP contribution in [0.1, 0.15) is 37.3 Å². The molecule has 98 valence electrons. The maximum atomic E-state index is 3.49. The Bertz CT molecular complexity index is 406. The largest absolute Gasteiger partial charge is 0.385 e. The lowest BCUT2D eigenvalue weighted by atomic mass is 9.97. The van der Waals surface area contributed by atoms with Gasteiger partial charge in [-0.2, -0.15) is 0 Å². The molecule has 0 bridgehead atoms. The van der Waals surface area contributed by atoms with Crippen molar-refractivity contribution in [2.75, 3.05) is 25.0 Å². The summed E-state index contributed by atoms with van der Waals surface area (Å²) in [5.41, 5.74) is 4.37. The Labute approximate surface area is 110 Å². The highest BCUT2D eigenvalue weighted by Gasteiger charge is 2.16. The average Bonchev–Trinajstić information content (AvgIpc) is 2.41. The van der Waals surface area contributed by atoms with Gasteiger partial charge in [0.15, 0.2) is 0 Å². The third kappa shape index (κ3) is 2.69. The molecule has 0 unspecified atom stereocenters. The van der Waals surface area contributed by atoms with Crippen molar-refractivity contribution in [3.8, 4) is 0 Å². The molecule has 1 N–H and O–H groups in total. The fourth-order valence-corrected chi connectivity index (χ4v) is 3.10. The van der Waals surface area contributed by atoms with Crippen LogP contribution in [-0.4, -0.2) is 24.5 Å². The molecule has 0 atom stereocenters. The van der Waals surface area contributed by atoms with E-state index in [1.165, 1.54) is 55.6 Å². The minimum atomic E-state index is 0.925. The second kappa shape index (κ2) is 5.31. The number of fused-ring (bicyclic) bond motifs is 1. The zero-order valence-electron chi connectivity index (χ0n) is 11.4. The molecule has 0 saturated carbocycles. The van der Waals surface area contributed by atoms with E-state index in [2.05, 4.69) is 35.3 Å². The molecule has 2 heterocycles. The van der Waals surface area contributed by atoms with E-state index in [1.54, 1.807) is 0 Å². The van der Waals surface area contributed by atoms with Crippen molar-refractivity contribution in [2.24, 2.45) is 5.92 Å². The van der Waals surface area contributed by atoms with Crippen molar-refractivity contribution in [1.82, 2.24) is 4.90 Å². The van der Waals surface area contributed by atoms with Gasteiger partial charge < -0.3 is 5.32 Å². The van der Waals surface area contributed by atoms with Crippen molar-refractivity contribution in [3.05, 3.63) is 29.3 Å². The van der Waals surface area contributed by atoms with Crippen LogP contribution in [0.4, 0.5) is 5.69 Å². The van der Waals surface area contributed by atoms with Crippen LogP contribution in [0.25, 0.3) is 0 Å². The quantitative estimate of drug-likeness (QED) is 0.859. The van der Waals surface area contributed by atoms with Crippen molar-refractivity contribution in [2.45, 2.75) is 39.2 Å². The number of anilines is 1. The summed E-state index contributed by atoms with van der Waals surface area (Å²) in [6, 6.07) is 6.99. The summed E-state index contributed by atoms with van der Waals surface area (Å²) < 4.78 is 0. The van der Waals surface area contributed by atoms with Crippen LogP contribution in [0.2, 0.25) is 0 Å². The molecule has 1 fully saturated rings. The van der Waals surface area contributed by atoms with E-state index in [1.807, 2.05) is 0 Å². The summed E-state index contributed by atoms with van der Waals surface area (Å²) in [5, 5.41) is 3.49. The van der Waals surface area contributed by atoms with Gasteiger partial charge in [0.05, 0.1) is 0 Å². The Morgan fingerprint density at radius 3 is 2.94 bits per heavy atom.